The first-order valence-electron chi connectivity index (χ1n) is 8.92. The van der Waals surface area contributed by atoms with Gasteiger partial charge < -0.3 is 14.9 Å². The number of rotatable bonds is 1. The van der Waals surface area contributed by atoms with Crippen LogP contribution in [0.15, 0.2) is 18.2 Å². The fraction of sp³-hybridized carbons (Fsp3) is 0.632. The number of nitrogens with zero attached hydrogens (tertiary/aromatic N) is 1. The van der Waals surface area contributed by atoms with Crippen molar-refractivity contribution in [2.24, 2.45) is 0 Å². The predicted octanol–water partition coefficient (Wildman–Crippen LogP) is 1.49. The molecule has 5 nitrogen and oxygen atoms in total. The first-order valence-corrected chi connectivity index (χ1v) is 8.92. The number of ether oxygens (including phenoxy) is 1. The summed E-state index contributed by atoms with van der Waals surface area (Å²) in [6.45, 7) is 2.89. The number of phenolic OH excluding ortho intramolecular Hbond substituents is 1. The Morgan fingerprint density at radius 1 is 1.33 bits per heavy atom. The molecule has 3 fully saturated rings. The lowest BCUT2D eigenvalue weighted by molar-refractivity contribution is -0.178. The summed E-state index contributed by atoms with van der Waals surface area (Å²) in [5, 5.41) is 21.8. The van der Waals surface area contributed by atoms with E-state index in [4.69, 9.17) is 4.74 Å². The molecular formula is C19H23NO4. The van der Waals surface area contributed by atoms with Gasteiger partial charge in [0.2, 0.25) is 0 Å². The van der Waals surface area contributed by atoms with Crippen molar-refractivity contribution in [2.75, 3.05) is 6.54 Å². The van der Waals surface area contributed by atoms with E-state index in [2.05, 4.69) is 11.8 Å². The van der Waals surface area contributed by atoms with Crippen LogP contribution in [0.2, 0.25) is 0 Å². The van der Waals surface area contributed by atoms with E-state index in [0.29, 0.717) is 19.3 Å². The van der Waals surface area contributed by atoms with Crippen LogP contribution in [0.5, 0.6) is 5.75 Å². The molecule has 128 valence electrons. The number of likely N-dealkylation sites (tertiary alicyclic amines) is 1. The Balaban J connectivity index is 1.69. The fourth-order valence-electron chi connectivity index (χ4n) is 5.66. The summed E-state index contributed by atoms with van der Waals surface area (Å²) in [5.41, 5.74) is 0.647. The van der Waals surface area contributed by atoms with Crippen LogP contribution >= 0.6 is 0 Å². The Morgan fingerprint density at radius 3 is 2.88 bits per heavy atom. The van der Waals surface area contributed by atoms with Crippen molar-refractivity contribution in [1.82, 2.24) is 4.90 Å². The molecule has 5 heteroatoms. The maximum atomic E-state index is 12.3. The van der Waals surface area contributed by atoms with Gasteiger partial charge >= 0.3 is 0 Å². The number of piperidine rings is 1. The van der Waals surface area contributed by atoms with Crippen LogP contribution in [0, 0.1) is 0 Å². The molecule has 2 aliphatic heterocycles. The third kappa shape index (κ3) is 1.73. The summed E-state index contributed by atoms with van der Waals surface area (Å²) in [7, 11) is 0. The van der Waals surface area contributed by atoms with E-state index in [0.717, 1.165) is 30.5 Å². The molecule has 2 heterocycles. The minimum Gasteiger partial charge on any atom is -0.508 e. The summed E-state index contributed by atoms with van der Waals surface area (Å²) in [4.78, 5) is 14.6. The Hall–Kier alpha value is -1.43. The van der Waals surface area contributed by atoms with E-state index in [1.165, 1.54) is 0 Å². The molecule has 1 saturated carbocycles. The van der Waals surface area contributed by atoms with Gasteiger partial charge in [0, 0.05) is 30.8 Å². The van der Waals surface area contributed by atoms with Gasteiger partial charge in [-0.2, -0.15) is 0 Å². The molecule has 4 aliphatic rings. The molecule has 2 N–H and O–H groups in total. The second-order valence-corrected chi connectivity index (χ2v) is 8.00. The standard InChI is InChI=1S/C19H23NO4/c1-11-17(24-11)20-7-6-18-10-14(22)4-5-19(18,23)16(20)8-12-2-3-13(21)9-15(12)18/h2-3,9,11,16-17,21,23H,4-8,10H2,1H3/t11?,16-,17?,18-,19-/m1/s1. The number of epoxide rings is 1. The zero-order chi connectivity index (χ0) is 16.7. The number of benzene rings is 1. The van der Waals surface area contributed by atoms with Crippen molar-refractivity contribution >= 4 is 5.78 Å². The van der Waals surface area contributed by atoms with Gasteiger partial charge in [0.1, 0.15) is 17.8 Å². The lowest BCUT2D eigenvalue weighted by Crippen LogP contribution is -2.73. The molecule has 1 aromatic rings. The SMILES string of the molecule is CC1OC1N1CC[C@]23CC(=O)CC[C@@]2(O)[C@H]1Cc1ccc(O)cc13. The van der Waals surface area contributed by atoms with Gasteiger partial charge in [-0.3, -0.25) is 9.69 Å². The minimum absolute atomic E-state index is 0.0219. The van der Waals surface area contributed by atoms with Crippen LogP contribution in [-0.4, -0.2) is 51.4 Å². The molecule has 2 bridgehead atoms. The Morgan fingerprint density at radius 2 is 2.12 bits per heavy atom. The number of phenols is 1. The van der Waals surface area contributed by atoms with Crippen LogP contribution in [0.4, 0.5) is 0 Å². The molecule has 5 rings (SSSR count). The van der Waals surface area contributed by atoms with Crippen molar-refractivity contribution in [2.45, 2.75) is 68.4 Å². The van der Waals surface area contributed by atoms with Crippen LogP contribution in [0.3, 0.4) is 0 Å². The molecule has 2 saturated heterocycles. The second-order valence-electron chi connectivity index (χ2n) is 8.00. The number of aliphatic hydroxyl groups is 1. The normalized spacial score (nSPS) is 43.9. The summed E-state index contributed by atoms with van der Waals surface area (Å²) >= 11 is 0. The third-order valence-electron chi connectivity index (χ3n) is 6.89. The lowest BCUT2D eigenvalue weighted by Gasteiger charge is -2.63. The van der Waals surface area contributed by atoms with E-state index < -0.39 is 11.0 Å². The maximum absolute atomic E-state index is 12.3. The predicted molar refractivity (Wildman–Crippen MR) is 86.7 cm³/mol. The molecule has 0 amide bonds. The summed E-state index contributed by atoms with van der Waals surface area (Å²) in [6, 6.07) is 5.42. The summed E-state index contributed by atoms with van der Waals surface area (Å²) in [5.74, 6) is 0.433. The molecule has 0 aromatic heterocycles. The number of hydrogen-bond donors (Lipinski definition) is 2. The maximum Gasteiger partial charge on any atom is 0.137 e. The van der Waals surface area contributed by atoms with Crippen LogP contribution in [0.1, 0.15) is 43.7 Å². The number of fused-ring (bicyclic) bond motifs is 1. The van der Waals surface area contributed by atoms with Gasteiger partial charge in [-0.25, -0.2) is 0 Å². The Bertz CT molecular complexity index is 734. The van der Waals surface area contributed by atoms with E-state index in [9.17, 15) is 15.0 Å². The zero-order valence-electron chi connectivity index (χ0n) is 13.9. The molecule has 24 heavy (non-hydrogen) atoms. The number of aromatic hydroxyl groups is 1. The monoisotopic (exact) mass is 329 g/mol. The molecule has 5 atom stereocenters. The number of carbonyl (C=O) groups excluding carboxylic acids is 1. The summed E-state index contributed by atoms with van der Waals surface area (Å²) < 4.78 is 5.71. The lowest BCUT2D eigenvalue weighted by atomic mass is 9.49. The fourth-order valence-corrected chi connectivity index (χ4v) is 5.66. The number of ketones is 1. The van der Waals surface area contributed by atoms with Gasteiger partial charge in [-0.05, 0) is 49.4 Å². The average Bonchev–Trinajstić information content (AvgIpc) is 3.25. The van der Waals surface area contributed by atoms with Gasteiger partial charge in [-0.15, -0.1) is 0 Å². The van der Waals surface area contributed by atoms with Crippen LogP contribution in [0.25, 0.3) is 0 Å². The Kier molecular flexibility index (Phi) is 2.85. The van der Waals surface area contributed by atoms with E-state index in [1.54, 1.807) is 12.1 Å². The van der Waals surface area contributed by atoms with Gasteiger partial charge in [0.05, 0.1) is 11.7 Å². The van der Waals surface area contributed by atoms with Crippen molar-refractivity contribution < 1.29 is 19.7 Å². The summed E-state index contributed by atoms with van der Waals surface area (Å²) in [6.07, 6.45) is 3.11. The highest BCUT2D eigenvalue weighted by Gasteiger charge is 2.66. The van der Waals surface area contributed by atoms with Crippen molar-refractivity contribution in [3.63, 3.8) is 0 Å². The van der Waals surface area contributed by atoms with Crippen LogP contribution in [-0.2, 0) is 21.4 Å². The smallest absolute Gasteiger partial charge is 0.137 e. The average molecular weight is 329 g/mol. The highest BCUT2D eigenvalue weighted by Crippen LogP contribution is 2.58. The molecule has 2 aliphatic carbocycles. The van der Waals surface area contributed by atoms with E-state index in [-0.39, 0.29) is 29.9 Å². The Labute approximate surface area is 141 Å². The van der Waals surface area contributed by atoms with Crippen LogP contribution < -0.4 is 0 Å². The molecule has 1 aromatic carbocycles. The van der Waals surface area contributed by atoms with Crippen molar-refractivity contribution in [3.05, 3.63) is 29.3 Å². The molecular weight excluding hydrogens is 306 g/mol. The minimum atomic E-state index is -0.925. The molecule has 2 unspecified atom stereocenters. The van der Waals surface area contributed by atoms with Gasteiger partial charge in [-0.1, -0.05) is 6.07 Å². The van der Waals surface area contributed by atoms with E-state index >= 15 is 0 Å². The van der Waals surface area contributed by atoms with Crippen molar-refractivity contribution in [3.8, 4) is 5.75 Å². The second kappa shape index (κ2) is 4.59. The quantitative estimate of drug-likeness (QED) is 0.764. The number of carbonyl (C=O) groups is 1. The number of hydrogen-bond acceptors (Lipinski definition) is 5. The zero-order valence-corrected chi connectivity index (χ0v) is 13.9. The van der Waals surface area contributed by atoms with Gasteiger partial charge in [0.15, 0.2) is 0 Å². The topological polar surface area (TPSA) is 73.3 Å². The largest absolute Gasteiger partial charge is 0.508 e. The number of Topliss-reactive ketones (excluding diaryl/α,β-unsaturated/α-hetero) is 1. The molecule has 0 radical (unpaired) electrons. The van der Waals surface area contributed by atoms with Crippen molar-refractivity contribution in [1.29, 1.82) is 0 Å². The van der Waals surface area contributed by atoms with E-state index in [1.807, 2.05) is 6.07 Å². The van der Waals surface area contributed by atoms with Gasteiger partial charge in [0.25, 0.3) is 0 Å². The first-order chi connectivity index (χ1) is 11.4. The highest BCUT2D eigenvalue weighted by molar-refractivity contribution is 5.82. The highest BCUT2D eigenvalue weighted by atomic mass is 16.6. The first kappa shape index (κ1) is 14.9. The molecule has 0 spiro atoms. The third-order valence-corrected chi connectivity index (χ3v) is 6.89.